The highest BCUT2D eigenvalue weighted by molar-refractivity contribution is 5.85. The maximum Gasteiger partial charge on any atom is 0.225 e. The van der Waals surface area contributed by atoms with Gasteiger partial charge in [-0.25, -0.2) is 0 Å². The molecule has 0 spiro atoms. The first-order valence-corrected chi connectivity index (χ1v) is 7.08. The molecular formula is C15H22ClN3O. The highest BCUT2D eigenvalue weighted by Crippen LogP contribution is 2.31. The van der Waals surface area contributed by atoms with Crippen LogP contribution in [0.15, 0.2) is 24.3 Å². The van der Waals surface area contributed by atoms with Crippen molar-refractivity contribution in [3.8, 4) is 0 Å². The van der Waals surface area contributed by atoms with Crippen molar-refractivity contribution in [3.63, 3.8) is 0 Å². The molecule has 1 amide bonds. The molecule has 0 aromatic heterocycles. The Bertz CT molecular complexity index is 476. The number of anilines is 1. The number of hydrogen-bond donors (Lipinski definition) is 2. The van der Waals surface area contributed by atoms with Gasteiger partial charge in [-0.15, -0.1) is 12.4 Å². The molecule has 1 unspecified atom stereocenters. The van der Waals surface area contributed by atoms with E-state index in [1.807, 2.05) is 0 Å². The van der Waals surface area contributed by atoms with Crippen LogP contribution in [0.3, 0.4) is 0 Å². The van der Waals surface area contributed by atoms with Crippen molar-refractivity contribution in [1.82, 2.24) is 10.6 Å². The van der Waals surface area contributed by atoms with Crippen LogP contribution < -0.4 is 15.5 Å². The first-order chi connectivity index (χ1) is 9.25. The molecule has 0 saturated carbocycles. The van der Waals surface area contributed by atoms with Crippen molar-refractivity contribution < 1.29 is 4.79 Å². The molecule has 4 nitrogen and oxygen atoms in total. The molecule has 2 heterocycles. The lowest BCUT2D eigenvalue weighted by Crippen LogP contribution is -2.51. The van der Waals surface area contributed by atoms with Crippen LogP contribution in [-0.4, -0.2) is 38.1 Å². The van der Waals surface area contributed by atoms with E-state index in [1.165, 1.54) is 11.3 Å². The van der Waals surface area contributed by atoms with Gasteiger partial charge in [0.2, 0.25) is 5.91 Å². The van der Waals surface area contributed by atoms with Gasteiger partial charge in [0.25, 0.3) is 0 Å². The van der Waals surface area contributed by atoms with E-state index in [0.717, 1.165) is 32.6 Å². The number of rotatable bonds is 4. The summed E-state index contributed by atoms with van der Waals surface area (Å²) in [5.74, 6) is 0.377. The van der Waals surface area contributed by atoms with Gasteiger partial charge >= 0.3 is 0 Å². The number of carbonyl (C=O) groups excluding carboxylic acids is 1. The minimum Gasteiger partial charge on any atom is -0.367 e. The molecule has 1 saturated heterocycles. The van der Waals surface area contributed by atoms with Gasteiger partial charge in [-0.3, -0.25) is 4.79 Å². The summed E-state index contributed by atoms with van der Waals surface area (Å²) >= 11 is 0. The van der Waals surface area contributed by atoms with E-state index in [2.05, 4.69) is 46.7 Å². The Morgan fingerprint density at radius 2 is 2.15 bits per heavy atom. The summed E-state index contributed by atoms with van der Waals surface area (Å²) in [7, 11) is 0. The van der Waals surface area contributed by atoms with Crippen molar-refractivity contribution in [3.05, 3.63) is 29.8 Å². The third-order valence-electron chi connectivity index (χ3n) is 4.15. The van der Waals surface area contributed by atoms with Crippen molar-refractivity contribution in [2.45, 2.75) is 19.4 Å². The summed E-state index contributed by atoms with van der Waals surface area (Å²) in [6, 6.07) is 9.09. The molecule has 110 valence electrons. The maximum atomic E-state index is 11.8. The van der Waals surface area contributed by atoms with Crippen LogP contribution in [0.5, 0.6) is 0 Å². The third kappa shape index (κ3) is 2.91. The molecule has 5 heteroatoms. The molecule has 2 N–H and O–H groups in total. The lowest BCUT2D eigenvalue weighted by Gasteiger charge is -2.28. The van der Waals surface area contributed by atoms with Gasteiger partial charge in [0.05, 0.1) is 5.92 Å². The van der Waals surface area contributed by atoms with Gasteiger partial charge in [-0.05, 0) is 25.0 Å². The number of carbonyl (C=O) groups is 1. The quantitative estimate of drug-likeness (QED) is 0.877. The van der Waals surface area contributed by atoms with Gasteiger partial charge in [0, 0.05) is 37.9 Å². The van der Waals surface area contributed by atoms with Crippen LogP contribution in [0, 0.1) is 5.92 Å². The molecule has 2 aliphatic rings. The Balaban J connectivity index is 0.00000147. The van der Waals surface area contributed by atoms with Crippen molar-refractivity contribution in [2.24, 2.45) is 5.92 Å². The smallest absolute Gasteiger partial charge is 0.225 e. The monoisotopic (exact) mass is 295 g/mol. The zero-order valence-electron chi connectivity index (χ0n) is 11.8. The molecule has 1 aromatic rings. The number of benzene rings is 1. The zero-order valence-corrected chi connectivity index (χ0v) is 12.6. The Labute approximate surface area is 126 Å². The van der Waals surface area contributed by atoms with Gasteiger partial charge in [-0.1, -0.05) is 18.2 Å². The highest BCUT2D eigenvalue weighted by atomic mass is 35.5. The van der Waals surface area contributed by atoms with E-state index in [4.69, 9.17) is 0 Å². The predicted molar refractivity (Wildman–Crippen MR) is 83.6 cm³/mol. The summed E-state index contributed by atoms with van der Waals surface area (Å²) in [6.07, 6.45) is 1.11. The number of halogens is 1. The molecule has 1 fully saturated rings. The highest BCUT2D eigenvalue weighted by Gasteiger charge is 2.27. The molecule has 3 rings (SSSR count). The second-order valence-corrected chi connectivity index (χ2v) is 5.52. The fraction of sp³-hybridized carbons (Fsp3) is 0.533. The summed E-state index contributed by atoms with van der Waals surface area (Å²) in [4.78, 5) is 14.2. The number of para-hydroxylation sites is 1. The van der Waals surface area contributed by atoms with E-state index in [9.17, 15) is 4.79 Å². The van der Waals surface area contributed by atoms with Gasteiger partial charge in [0.1, 0.15) is 0 Å². The van der Waals surface area contributed by atoms with Gasteiger partial charge in [-0.2, -0.15) is 0 Å². The Morgan fingerprint density at radius 1 is 1.40 bits per heavy atom. The fourth-order valence-electron chi connectivity index (χ4n) is 2.89. The molecule has 20 heavy (non-hydrogen) atoms. The van der Waals surface area contributed by atoms with E-state index >= 15 is 0 Å². The largest absolute Gasteiger partial charge is 0.367 e. The SMILES string of the molecule is CC1Cc2ccccc2N1CCNC(=O)C1CNC1.Cl. The average molecular weight is 296 g/mol. The molecule has 0 radical (unpaired) electrons. The van der Waals surface area contributed by atoms with E-state index in [-0.39, 0.29) is 24.2 Å². The zero-order chi connectivity index (χ0) is 13.2. The lowest BCUT2D eigenvalue weighted by atomic mass is 10.0. The number of hydrogen-bond acceptors (Lipinski definition) is 3. The van der Waals surface area contributed by atoms with E-state index < -0.39 is 0 Å². The van der Waals surface area contributed by atoms with E-state index in [1.54, 1.807) is 0 Å². The predicted octanol–water partition coefficient (Wildman–Crippen LogP) is 1.19. The number of nitrogens with zero attached hydrogens (tertiary/aromatic N) is 1. The Kier molecular flexibility index (Phi) is 4.89. The molecular weight excluding hydrogens is 274 g/mol. The second kappa shape index (κ2) is 6.46. The minimum absolute atomic E-state index is 0. The van der Waals surface area contributed by atoms with Crippen LogP contribution in [0.25, 0.3) is 0 Å². The van der Waals surface area contributed by atoms with Crippen LogP contribution in [0.1, 0.15) is 12.5 Å². The van der Waals surface area contributed by atoms with Gasteiger partial charge in [0.15, 0.2) is 0 Å². The summed E-state index contributed by atoms with van der Waals surface area (Å²) in [5, 5.41) is 6.16. The first-order valence-electron chi connectivity index (χ1n) is 7.08. The molecule has 1 aromatic carbocycles. The average Bonchev–Trinajstić information content (AvgIpc) is 2.64. The van der Waals surface area contributed by atoms with Crippen molar-refractivity contribution >= 4 is 24.0 Å². The van der Waals surface area contributed by atoms with Crippen molar-refractivity contribution in [1.29, 1.82) is 0 Å². The molecule has 1 atom stereocenters. The van der Waals surface area contributed by atoms with Crippen molar-refractivity contribution in [2.75, 3.05) is 31.1 Å². The number of amides is 1. The molecule has 2 aliphatic heterocycles. The van der Waals surface area contributed by atoms with E-state index in [0.29, 0.717) is 6.04 Å². The number of nitrogens with one attached hydrogen (secondary N) is 2. The summed E-state index contributed by atoms with van der Waals surface area (Å²) in [6.45, 7) is 5.53. The normalized spacial score (nSPS) is 20.9. The number of fused-ring (bicyclic) bond motifs is 1. The third-order valence-corrected chi connectivity index (χ3v) is 4.15. The lowest BCUT2D eigenvalue weighted by molar-refractivity contribution is -0.126. The van der Waals surface area contributed by atoms with Crippen LogP contribution in [-0.2, 0) is 11.2 Å². The summed E-state index contributed by atoms with van der Waals surface area (Å²) in [5.41, 5.74) is 2.75. The summed E-state index contributed by atoms with van der Waals surface area (Å²) < 4.78 is 0. The molecule has 0 bridgehead atoms. The first kappa shape index (κ1) is 15.1. The van der Waals surface area contributed by atoms with Crippen LogP contribution >= 0.6 is 12.4 Å². The van der Waals surface area contributed by atoms with Crippen LogP contribution in [0.4, 0.5) is 5.69 Å². The second-order valence-electron chi connectivity index (χ2n) is 5.52. The minimum atomic E-state index is 0. The Morgan fingerprint density at radius 3 is 2.85 bits per heavy atom. The van der Waals surface area contributed by atoms with Gasteiger partial charge < -0.3 is 15.5 Å². The standard InChI is InChI=1S/C15H21N3O.ClH/c1-11-8-12-4-2-3-5-14(12)18(11)7-6-17-15(19)13-9-16-10-13;/h2-5,11,13,16H,6-10H2,1H3,(H,17,19);1H. The van der Waals surface area contributed by atoms with Crippen LogP contribution in [0.2, 0.25) is 0 Å². The fourth-order valence-corrected chi connectivity index (χ4v) is 2.89. The Hall–Kier alpha value is -1.26. The molecule has 0 aliphatic carbocycles. The maximum absolute atomic E-state index is 11.8. The topological polar surface area (TPSA) is 44.4 Å².